The minimum Gasteiger partial charge on any atom is -0.478 e. The van der Waals surface area contributed by atoms with Crippen LogP contribution in [0.3, 0.4) is 0 Å². The lowest BCUT2D eigenvalue weighted by molar-refractivity contribution is -0.145. The zero-order chi connectivity index (χ0) is 14.7. The topological polar surface area (TPSA) is 46.5 Å². The van der Waals surface area contributed by atoms with Crippen LogP contribution in [-0.2, 0) is 4.79 Å². The van der Waals surface area contributed by atoms with Gasteiger partial charge in [0, 0.05) is 5.56 Å². The summed E-state index contributed by atoms with van der Waals surface area (Å²) in [6.45, 7) is 3.78. The molecule has 0 fully saturated rings. The summed E-state index contributed by atoms with van der Waals surface area (Å²) in [7, 11) is 0. The molecule has 1 unspecified atom stereocenters. The van der Waals surface area contributed by atoms with Gasteiger partial charge in [0.15, 0.2) is 0 Å². The third kappa shape index (κ3) is 3.15. The van der Waals surface area contributed by atoms with Gasteiger partial charge >= 0.3 is 5.97 Å². The van der Waals surface area contributed by atoms with E-state index >= 15 is 0 Å². The molecule has 0 saturated heterocycles. The van der Waals surface area contributed by atoms with E-state index < -0.39 is 17.9 Å². The number of aliphatic carboxylic acids is 1. The maximum absolute atomic E-state index is 13.7. The first-order valence-corrected chi connectivity index (χ1v) is 6.19. The smallest absolute Gasteiger partial charge is 0.349 e. The zero-order valence-electron chi connectivity index (χ0n) is 11.3. The van der Waals surface area contributed by atoms with Crippen LogP contribution in [0.1, 0.15) is 22.8 Å². The molecule has 0 bridgehead atoms. The summed E-state index contributed by atoms with van der Waals surface area (Å²) in [5, 5.41) is 9.26. The number of ether oxygens (including phenoxy) is 1. The maximum atomic E-state index is 13.7. The average Bonchev–Trinajstić information content (AvgIpc) is 2.35. The third-order valence-corrected chi connectivity index (χ3v) is 2.86. The summed E-state index contributed by atoms with van der Waals surface area (Å²) < 4.78 is 19.2. The van der Waals surface area contributed by atoms with Crippen molar-refractivity contribution in [2.75, 3.05) is 0 Å². The fraction of sp³-hybridized carbons (Fsp3) is 0.188. The van der Waals surface area contributed by atoms with E-state index in [9.17, 15) is 14.3 Å². The Labute approximate surface area is 116 Å². The Morgan fingerprint density at radius 3 is 2.30 bits per heavy atom. The molecule has 1 N–H and O–H groups in total. The summed E-state index contributed by atoms with van der Waals surface area (Å²) in [5.74, 6) is -1.41. The molecule has 0 heterocycles. The fourth-order valence-corrected chi connectivity index (χ4v) is 2.07. The van der Waals surface area contributed by atoms with Gasteiger partial charge in [-0.2, -0.15) is 0 Å². The van der Waals surface area contributed by atoms with Gasteiger partial charge in [0.1, 0.15) is 11.6 Å². The fourth-order valence-electron chi connectivity index (χ4n) is 2.07. The molecule has 2 aromatic rings. The normalized spacial score (nSPS) is 11.9. The van der Waals surface area contributed by atoms with E-state index in [1.807, 2.05) is 19.9 Å². The Bertz CT molecular complexity index is 617. The van der Waals surface area contributed by atoms with Crippen LogP contribution in [0.5, 0.6) is 5.75 Å². The number of hydrogen-bond donors (Lipinski definition) is 1. The Kier molecular flexibility index (Phi) is 4.03. The predicted molar refractivity (Wildman–Crippen MR) is 73.3 cm³/mol. The molecule has 4 heteroatoms. The first kappa shape index (κ1) is 14.1. The van der Waals surface area contributed by atoms with Crippen molar-refractivity contribution in [3.63, 3.8) is 0 Å². The average molecular weight is 274 g/mol. The molecule has 0 spiro atoms. The summed E-state index contributed by atoms with van der Waals surface area (Å²) in [6.07, 6.45) is -1.36. The van der Waals surface area contributed by atoms with Crippen LogP contribution in [0.25, 0.3) is 0 Å². The number of rotatable bonds is 4. The highest BCUT2D eigenvalue weighted by atomic mass is 19.1. The third-order valence-electron chi connectivity index (χ3n) is 2.86. The van der Waals surface area contributed by atoms with E-state index in [4.69, 9.17) is 4.74 Å². The molecular formula is C16H15FO3. The molecule has 2 aromatic carbocycles. The van der Waals surface area contributed by atoms with E-state index in [2.05, 4.69) is 0 Å². The summed E-state index contributed by atoms with van der Waals surface area (Å²) in [6, 6.07) is 11.1. The van der Waals surface area contributed by atoms with Crippen molar-refractivity contribution in [1.29, 1.82) is 0 Å². The van der Waals surface area contributed by atoms with Crippen molar-refractivity contribution < 1.29 is 19.0 Å². The SMILES string of the molecule is Cc1cc(C)cc(OC(C(=O)O)c2ccccc2F)c1. The maximum Gasteiger partial charge on any atom is 0.349 e. The van der Waals surface area contributed by atoms with Gasteiger partial charge in [-0.3, -0.25) is 0 Å². The van der Waals surface area contributed by atoms with Crippen molar-refractivity contribution in [1.82, 2.24) is 0 Å². The molecule has 2 rings (SSSR count). The van der Waals surface area contributed by atoms with Gasteiger partial charge in [0.2, 0.25) is 6.10 Å². The van der Waals surface area contributed by atoms with Crippen LogP contribution >= 0.6 is 0 Å². The quantitative estimate of drug-likeness (QED) is 0.925. The minimum absolute atomic E-state index is 0.0131. The molecule has 20 heavy (non-hydrogen) atoms. The predicted octanol–water partition coefficient (Wildman–Crippen LogP) is 3.65. The Balaban J connectivity index is 2.36. The lowest BCUT2D eigenvalue weighted by Crippen LogP contribution is -2.19. The lowest BCUT2D eigenvalue weighted by atomic mass is 10.1. The molecule has 0 aliphatic heterocycles. The lowest BCUT2D eigenvalue weighted by Gasteiger charge is -2.17. The molecule has 0 radical (unpaired) electrons. The second kappa shape index (κ2) is 5.74. The Morgan fingerprint density at radius 1 is 1.15 bits per heavy atom. The van der Waals surface area contributed by atoms with Crippen molar-refractivity contribution in [2.24, 2.45) is 0 Å². The Morgan fingerprint density at radius 2 is 1.75 bits per heavy atom. The summed E-state index contributed by atoms with van der Waals surface area (Å²) in [4.78, 5) is 11.3. The van der Waals surface area contributed by atoms with E-state index in [0.29, 0.717) is 5.75 Å². The number of carbonyl (C=O) groups is 1. The van der Waals surface area contributed by atoms with Gasteiger partial charge in [-0.25, -0.2) is 9.18 Å². The van der Waals surface area contributed by atoms with Gasteiger partial charge in [0.05, 0.1) is 0 Å². The molecule has 1 atom stereocenters. The summed E-state index contributed by atoms with van der Waals surface area (Å²) >= 11 is 0. The van der Waals surface area contributed by atoms with Gasteiger partial charge in [-0.1, -0.05) is 24.3 Å². The van der Waals surface area contributed by atoms with Crippen LogP contribution in [0, 0.1) is 19.7 Å². The summed E-state index contributed by atoms with van der Waals surface area (Å²) in [5.41, 5.74) is 1.93. The number of hydrogen-bond acceptors (Lipinski definition) is 2. The Hall–Kier alpha value is -2.36. The molecular weight excluding hydrogens is 259 g/mol. The monoisotopic (exact) mass is 274 g/mol. The molecule has 0 aliphatic rings. The van der Waals surface area contributed by atoms with E-state index in [1.54, 1.807) is 18.2 Å². The molecule has 104 valence electrons. The van der Waals surface area contributed by atoms with Crippen molar-refractivity contribution in [3.8, 4) is 5.75 Å². The second-order valence-corrected chi connectivity index (χ2v) is 4.68. The highest BCUT2D eigenvalue weighted by molar-refractivity contribution is 5.75. The van der Waals surface area contributed by atoms with Crippen LogP contribution in [0.2, 0.25) is 0 Å². The van der Waals surface area contributed by atoms with Crippen molar-refractivity contribution in [2.45, 2.75) is 20.0 Å². The highest BCUT2D eigenvalue weighted by Crippen LogP contribution is 2.26. The van der Waals surface area contributed by atoms with Gasteiger partial charge in [0.25, 0.3) is 0 Å². The number of carboxylic acid groups (broad SMARTS) is 1. The van der Waals surface area contributed by atoms with E-state index in [1.165, 1.54) is 18.2 Å². The number of halogens is 1. The molecule has 0 saturated carbocycles. The molecule has 3 nitrogen and oxygen atoms in total. The van der Waals surface area contributed by atoms with Crippen LogP contribution < -0.4 is 4.74 Å². The molecule has 0 aliphatic carbocycles. The largest absolute Gasteiger partial charge is 0.478 e. The molecule has 0 amide bonds. The first-order valence-electron chi connectivity index (χ1n) is 6.19. The van der Waals surface area contributed by atoms with Crippen molar-refractivity contribution >= 4 is 5.97 Å². The highest BCUT2D eigenvalue weighted by Gasteiger charge is 2.25. The van der Waals surface area contributed by atoms with E-state index in [-0.39, 0.29) is 5.56 Å². The van der Waals surface area contributed by atoms with Gasteiger partial charge < -0.3 is 9.84 Å². The number of aryl methyl sites for hydroxylation is 2. The first-order chi connectivity index (χ1) is 9.47. The number of benzene rings is 2. The molecule has 0 aromatic heterocycles. The van der Waals surface area contributed by atoms with Gasteiger partial charge in [-0.05, 0) is 43.2 Å². The minimum atomic E-state index is -1.36. The van der Waals surface area contributed by atoms with Crippen LogP contribution in [-0.4, -0.2) is 11.1 Å². The van der Waals surface area contributed by atoms with Gasteiger partial charge in [-0.15, -0.1) is 0 Å². The van der Waals surface area contributed by atoms with Crippen molar-refractivity contribution in [3.05, 3.63) is 65.0 Å². The zero-order valence-corrected chi connectivity index (χ0v) is 11.3. The van der Waals surface area contributed by atoms with E-state index in [0.717, 1.165) is 11.1 Å². The number of carboxylic acids is 1. The van der Waals surface area contributed by atoms with Crippen LogP contribution in [0.4, 0.5) is 4.39 Å². The standard InChI is InChI=1S/C16H15FO3/c1-10-7-11(2)9-12(8-10)20-15(16(18)19)13-5-3-4-6-14(13)17/h3-9,15H,1-2H3,(H,18,19). The second-order valence-electron chi connectivity index (χ2n) is 4.68. The van der Waals surface area contributed by atoms with Crippen LogP contribution in [0.15, 0.2) is 42.5 Å².